The molecule has 2 N–H and O–H groups in total. The van der Waals surface area contributed by atoms with Crippen molar-refractivity contribution < 1.29 is 16.8 Å². The van der Waals surface area contributed by atoms with Crippen molar-refractivity contribution >= 4 is 25.7 Å². The normalized spacial score (nSPS) is 14.7. The Bertz CT molecular complexity index is 998. The minimum absolute atomic E-state index is 0.000757. The van der Waals surface area contributed by atoms with Crippen LogP contribution in [0.25, 0.3) is 0 Å². The number of nitrogens with two attached hydrogens (primary N) is 1. The van der Waals surface area contributed by atoms with Gasteiger partial charge in [0.1, 0.15) is 0 Å². The minimum Gasteiger partial charge on any atom is -0.269 e. The van der Waals surface area contributed by atoms with E-state index in [9.17, 15) is 16.8 Å². The van der Waals surface area contributed by atoms with Crippen LogP contribution in [-0.4, -0.2) is 23.4 Å². The van der Waals surface area contributed by atoms with E-state index in [1.165, 1.54) is 22.5 Å². The fourth-order valence-corrected chi connectivity index (χ4v) is 5.07. The Morgan fingerprint density at radius 1 is 1.08 bits per heavy atom. The van der Waals surface area contributed by atoms with Crippen LogP contribution in [0.5, 0.6) is 0 Å². The Kier molecular flexibility index (Phi) is 4.15. The van der Waals surface area contributed by atoms with Crippen LogP contribution in [-0.2, 0) is 32.2 Å². The smallest absolute Gasteiger partial charge is 0.239 e. The first-order valence-electron chi connectivity index (χ1n) is 7.38. The van der Waals surface area contributed by atoms with E-state index in [4.69, 9.17) is 5.14 Å². The van der Waals surface area contributed by atoms with Crippen LogP contribution < -0.4 is 9.44 Å². The van der Waals surface area contributed by atoms with Gasteiger partial charge in [0.15, 0.2) is 0 Å². The van der Waals surface area contributed by atoms with Gasteiger partial charge in [0.25, 0.3) is 0 Å². The summed E-state index contributed by atoms with van der Waals surface area (Å²) in [7, 11) is -7.34. The highest BCUT2D eigenvalue weighted by Crippen LogP contribution is 2.33. The third-order valence-electron chi connectivity index (χ3n) is 4.00. The molecule has 2 aromatic rings. The molecule has 0 radical (unpaired) electrons. The first-order chi connectivity index (χ1) is 11.2. The number of nitrogens with zero attached hydrogens (tertiary/aromatic N) is 1. The van der Waals surface area contributed by atoms with Crippen molar-refractivity contribution in [3.05, 3.63) is 59.2 Å². The first kappa shape index (κ1) is 16.9. The molecule has 0 saturated heterocycles. The molecule has 0 aliphatic carbocycles. The average molecular weight is 366 g/mol. The fraction of sp³-hybridized carbons (Fsp3) is 0.250. The second-order valence-electron chi connectivity index (χ2n) is 5.90. The summed E-state index contributed by atoms with van der Waals surface area (Å²) in [5, 5.41) is 5.13. The molecule has 0 amide bonds. The van der Waals surface area contributed by atoms with Crippen molar-refractivity contribution in [2.45, 2.75) is 24.0 Å². The van der Waals surface area contributed by atoms with Crippen molar-refractivity contribution in [3.8, 4) is 0 Å². The Balaban J connectivity index is 1.93. The number of hydrogen-bond donors (Lipinski definition) is 1. The molecule has 0 saturated carbocycles. The molecule has 24 heavy (non-hydrogen) atoms. The number of fused-ring (bicyclic) bond motifs is 1. The zero-order valence-electron chi connectivity index (χ0n) is 13.1. The molecular weight excluding hydrogens is 348 g/mol. The van der Waals surface area contributed by atoms with Gasteiger partial charge < -0.3 is 0 Å². The van der Waals surface area contributed by atoms with Gasteiger partial charge in [-0.25, -0.2) is 22.0 Å². The number of benzene rings is 2. The van der Waals surface area contributed by atoms with Gasteiger partial charge in [-0.15, -0.1) is 0 Å². The van der Waals surface area contributed by atoms with Crippen LogP contribution in [0.2, 0.25) is 0 Å². The Morgan fingerprint density at radius 2 is 1.83 bits per heavy atom. The summed E-state index contributed by atoms with van der Waals surface area (Å²) in [5.41, 5.74) is 2.93. The van der Waals surface area contributed by atoms with Gasteiger partial charge in [-0.2, -0.15) is 0 Å². The summed E-state index contributed by atoms with van der Waals surface area (Å²) in [5.74, 6) is -0.0922. The number of hydrogen-bond acceptors (Lipinski definition) is 4. The zero-order chi connectivity index (χ0) is 17.5. The summed E-state index contributed by atoms with van der Waals surface area (Å²) in [4.78, 5) is -0.000757. The second kappa shape index (κ2) is 5.87. The quantitative estimate of drug-likeness (QED) is 0.887. The predicted molar refractivity (Wildman–Crippen MR) is 92.7 cm³/mol. The predicted octanol–water partition coefficient (Wildman–Crippen LogP) is 1.53. The van der Waals surface area contributed by atoms with E-state index in [1.54, 1.807) is 6.07 Å². The molecule has 2 aromatic carbocycles. The summed E-state index contributed by atoms with van der Waals surface area (Å²) < 4.78 is 49.7. The molecule has 128 valence electrons. The maximum atomic E-state index is 12.7. The highest BCUT2D eigenvalue weighted by molar-refractivity contribution is 7.92. The number of primary sulfonamides is 1. The second-order valence-corrected chi connectivity index (χ2v) is 9.36. The lowest BCUT2D eigenvalue weighted by Gasteiger charge is -2.20. The third-order valence-corrected chi connectivity index (χ3v) is 6.66. The van der Waals surface area contributed by atoms with E-state index in [0.29, 0.717) is 24.2 Å². The Morgan fingerprint density at radius 3 is 2.50 bits per heavy atom. The number of rotatable bonds is 4. The molecule has 0 aromatic heterocycles. The standard InChI is InChI=1S/C16H18N2O4S2/c1-12-3-2-4-13(9-12)11-23(19,20)18-8-7-14-10-15(24(17,21)22)5-6-16(14)18/h2-6,9-10H,7-8,11H2,1H3,(H2,17,21,22). The van der Waals surface area contributed by atoms with E-state index in [0.717, 1.165) is 11.1 Å². The molecule has 0 fully saturated rings. The van der Waals surface area contributed by atoms with Crippen LogP contribution >= 0.6 is 0 Å². The minimum atomic E-state index is -3.80. The van der Waals surface area contributed by atoms with Gasteiger partial charge in [-0.3, -0.25) is 4.31 Å². The van der Waals surface area contributed by atoms with Crippen molar-refractivity contribution in [1.29, 1.82) is 0 Å². The van der Waals surface area contributed by atoms with Gasteiger partial charge in [0.2, 0.25) is 20.0 Å². The maximum absolute atomic E-state index is 12.7. The Hall–Kier alpha value is -1.90. The first-order valence-corrected chi connectivity index (χ1v) is 10.5. The van der Waals surface area contributed by atoms with Gasteiger partial charge >= 0.3 is 0 Å². The monoisotopic (exact) mass is 366 g/mol. The number of aryl methyl sites for hydroxylation is 1. The van der Waals surface area contributed by atoms with Crippen molar-refractivity contribution in [2.75, 3.05) is 10.8 Å². The van der Waals surface area contributed by atoms with E-state index < -0.39 is 20.0 Å². The van der Waals surface area contributed by atoms with Crippen LogP contribution in [0.4, 0.5) is 5.69 Å². The maximum Gasteiger partial charge on any atom is 0.239 e. The molecule has 0 spiro atoms. The highest BCUT2D eigenvalue weighted by Gasteiger charge is 2.30. The van der Waals surface area contributed by atoms with Crippen molar-refractivity contribution in [2.24, 2.45) is 5.14 Å². The number of anilines is 1. The zero-order valence-corrected chi connectivity index (χ0v) is 14.8. The molecule has 3 rings (SSSR count). The van der Waals surface area contributed by atoms with E-state index >= 15 is 0 Å². The topological polar surface area (TPSA) is 97.5 Å². The molecule has 1 aliphatic heterocycles. The fourth-order valence-electron chi connectivity index (χ4n) is 2.90. The van der Waals surface area contributed by atoms with Gasteiger partial charge in [0, 0.05) is 6.54 Å². The summed E-state index contributed by atoms with van der Waals surface area (Å²) in [6, 6.07) is 11.7. The van der Waals surface area contributed by atoms with E-state index in [2.05, 4.69) is 0 Å². The van der Waals surface area contributed by atoms with Crippen LogP contribution in [0.3, 0.4) is 0 Å². The molecular formula is C16H18N2O4S2. The van der Waals surface area contributed by atoms with Gasteiger partial charge in [-0.1, -0.05) is 29.8 Å². The molecule has 0 unspecified atom stereocenters. The lowest BCUT2D eigenvalue weighted by atomic mass is 10.2. The van der Waals surface area contributed by atoms with E-state index in [-0.39, 0.29) is 10.6 Å². The van der Waals surface area contributed by atoms with Crippen LogP contribution in [0.1, 0.15) is 16.7 Å². The molecule has 6 nitrogen and oxygen atoms in total. The van der Waals surface area contributed by atoms with E-state index in [1.807, 2.05) is 25.1 Å². The molecule has 8 heteroatoms. The van der Waals surface area contributed by atoms with Crippen LogP contribution in [0, 0.1) is 6.92 Å². The van der Waals surface area contributed by atoms with Gasteiger partial charge in [-0.05, 0) is 42.7 Å². The van der Waals surface area contributed by atoms with Crippen molar-refractivity contribution in [1.82, 2.24) is 0 Å². The number of sulfonamides is 2. The summed E-state index contributed by atoms with van der Waals surface area (Å²) in [6.45, 7) is 2.22. The average Bonchev–Trinajstić information content (AvgIpc) is 2.89. The van der Waals surface area contributed by atoms with Crippen LogP contribution in [0.15, 0.2) is 47.4 Å². The lowest BCUT2D eigenvalue weighted by molar-refractivity contribution is 0.591. The van der Waals surface area contributed by atoms with Gasteiger partial charge in [0.05, 0.1) is 16.3 Å². The summed E-state index contributed by atoms with van der Waals surface area (Å²) in [6.07, 6.45) is 0.464. The Labute approximate surface area is 142 Å². The SMILES string of the molecule is Cc1cccc(CS(=O)(=O)N2CCc3cc(S(N)(=O)=O)ccc32)c1. The highest BCUT2D eigenvalue weighted by atomic mass is 32.2. The molecule has 1 aliphatic rings. The summed E-state index contributed by atoms with van der Waals surface area (Å²) >= 11 is 0. The largest absolute Gasteiger partial charge is 0.269 e. The van der Waals surface area contributed by atoms with Crippen molar-refractivity contribution in [3.63, 3.8) is 0 Å². The molecule has 0 atom stereocenters. The molecule has 0 bridgehead atoms. The molecule has 1 heterocycles. The lowest BCUT2D eigenvalue weighted by Crippen LogP contribution is -2.30. The third kappa shape index (κ3) is 3.31.